The topological polar surface area (TPSA) is 168 Å². The molecule has 14 heteroatoms. The van der Waals surface area contributed by atoms with Crippen molar-refractivity contribution in [1.82, 2.24) is 19.4 Å². The van der Waals surface area contributed by atoms with E-state index in [9.17, 15) is 21.2 Å². The largest absolute Gasteiger partial charge is 0.338 e. The first kappa shape index (κ1) is 28.1. The van der Waals surface area contributed by atoms with Crippen molar-refractivity contribution in [2.24, 2.45) is 5.14 Å². The number of nitrogens with two attached hydrogens (primary N) is 1. The monoisotopic (exact) mass is 571 g/mol. The van der Waals surface area contributed by atoms with Crippen LogP contribution in [0.3, 0.4) is 0 Å². The Morgan fingerprint density at radius 3 is 2.33 bits per heavy atom. The predicted octanol–water partition coefficient (Wildman–Crippen LogP) is 3.36. The summed E-state index contributed by atoms with van der Waals surface area (Å²) < 4.78 is 66.7. The standard InChI is InChI=1S/C25H26FN7O4S2/c1-2-29-39(36,37)30-15-17-6-5-7-20(14-17)31-24-22(26)16-28-25(33-24)32-19-12-10-18(11-13-19)21-8-3-4-9-23(21)38(27,34)35/h3-14,16,29-30H,2,15H2,1H3,(H2,27,34,35)(H2,28,31,32,33). The summed E-state index contributed by atoms with van der Waals surface area (Å²) in [6.45, 7) is 1.98. The molecule has 0 aliphatic carbocycles. The summed E-state index contributed by atoms with van der Waals surface area (Å²) in [5.41, 5.74) is 2.84. The molecule has 4 aromatic rings. The molecule has 1 aromatic heterocycles. The van der Waals surface area contributed by atoms with Crippen molar-refractivity contribution in [2.45, 2.75) is 18.4 Å². The van der Waals surface area contributed by atoms with E-state index in [1.165, 1.54) is 6.07 Å². The van der Waals surface area contributed by atoms with Gasteiger partial charge in [-0.1, -0.05) is 49.4 Å². The SMILES string of the molecule is CCNS(=O)(=O)NCc1cccc(Nc2nc(Nc3ccc(-c4ccccc4S(N)(=O)=O)cc3)ncc2F)c1. The van der Waals surface area contributed by atoms with Crippen molar-refractivity contribution >= 4 is 43.4 Å². The van der Waals surface area contributed by atoms with E-state index in [1.54, 1.807) is 73.7 Å². The fraction of sp³-hybridized carbons (Fsp3) is 0.120. The maximum absolute atomic E-state index is 14.5. The molecule has 0 spiro atoms. The zero-order valence-electron chi connectivity index (χ0n) is 20.7. The highest BCUT2D eigenvalue weighted by Crippen LogP contribution is 2.28. The summed E-state index contributed by atoms with van der Waals surface area (Å²) in [5, 5.41) is 11.2. The van der Waals surface area contributed by atoms with E-state index in [2.05, 4.69) is 30.0 Å². The maximum atomic E-state index is 14.5. The second-order valence-electron chi connectivity index (χ2n) is 8.28. The number of primary sulfonamides is 1. The van der Waals surface area contributed by atoms with E-state index >= 15 is 0 Å². The van der Waals surface area contributed by atoms with Gasteiger partial charge < -0.3 is 10.6 Å². The van der Waals surface area contributed by atoms with Gasteiger partial charge in [0.1, 0.15) is 0 Å². The van der Waals surface area contributed by atoms with Gasteiger partial charge in [-0.05, 0) is 41.5 Å². The van der Waals surface area contributed by atoms with Crippen LogP contribution in [-0.4, -0.2) is 33.3 Å². The molecule has 1 heterocycles. The van der Waals surface area contributed by atoms with Gasteiger partial charge in [-0.15, -0.1) is 0 Å². The van der Waals surface area contributed by atoms with E-state index in [0.29, 0.717) is 28.1 Å². The number of aromatic nitrogens is 2. The van der Waals surface area contributed by atoms with Crippen molar-refractivity contribution in [3.63, 3.8) is 0 Å². The van der Waals surface area contributed by atoms with Gasteiger partial charge in [0, 0.05) is 30.0 Å². The van der Waals surface area contributed by atoms with Crippen LogP contribution in [0.4, 0.5) is 27.5 Å². The molecular formula is C25H26FN7O4S2. The number of hydrogen-bond acceptors (Lipinski definition) is 8. The number of benzene rings is 3. The zero-order chi connectivity index (χ0) is 28.0. The fourth-order valence-corrected chi connectivity index (χ4v) is 5.25. The average Bonchev–Trinajstić information content (AvgIpc) is 2.90. The third-order valence-electron chi connectivity index (χ3n) is 5.38. The zero-order valence-corrected chi connectivity index (χ0v) is 22.4. The summed E-state index contributed by atoms with van der Waals surface area (Å²) in [6.07, 6.45) is 1.02. The number of anilines is 4. The van der Waals surface area contributed by atoms with Crippen molar-refractivity contribution in [1.29, 1.82) is 0 Å². The third kappa shape index (κ3) is 7.55. The Bertz CT molecular complexity index is 1680. The van der Waals surface area contributed by atoms with Crippen LogP contribution in [0.5, 0.6) is 0 Å². The minimum atomic E-state index is -3.90. The molecule has 0 saturated carbocycles. The lowest BCUT2D eigenvalue weighted by Gasteiger charge is -2.12. The third-order valence-corrected chi connectivity index (χ3v) is 7.54. The predicted molar refractivity (Wildman–Crippen MR) is 148 cm³/mol. The van der Waals surface area contributed by atoms with Crippen LogP contribution in [0.25, 0.3) is 11.1 Å². The van der Waals surface area contributed by atoms with Gasteiger partial charge in [0.2, 0.25) is 16.0 Å². The van der Waals surface area contributed by atoms with E-state index in [4.69, 9.17) is 5.14 Å². The molecule has 4 rings (SSSR count). The molecule has 39 heavy (non-hydrogen) atoms. The second kappa shape index (κ2) is 11.8. The lowest BCUT2D eigenvalue weighted by Crippen LogP contribution is -2.35. The van der Waals surface area contributed by atoms with Crippen molar-refractivity contribution in [2.75, 3.05) is 17.2 Å². The molecule has 0 radical (unpaired) electrons. The molecular weight excluding hydrogens is 545 g/mol. The molecule has 0 atom stereocenters. The normalized spacial score (nSPS) is 11.8. The smallest absolute Gasteiger partial charge is 0.277 e. The van der Waals surface area contributed by atoms with E-state index in [0.717, 1.165) is 6.20 Å². The number of rotatable bonds is 11. The van der Waals surface area contributed by atoms with Crippen LogP contribution < -0.4 is 25.2 Å². The summed E-state index contributed by atoms with van der Waals surface area (Å²) in [6, 6.07) is 20.0. The van der Waals surface area contributed by atoms with Crippen LogP contribution in [0.2, 0.25) is 0 Å². The Morgan fingerprint density at radius 2 is 1.62 bits per heavy atom. The Morgan fingerprint density at radius 1 is 0.872 bits per heavy atom. The lowest BCUT2D eigenvalue weighted by molar-refractivity contribution is 0.568. The minimum absolute atomic E-state index is 0.0161. The highest BCUT2D eigenvalue weighted by molar-refractivity contribution is 7.89. The lowest BCUT2D eigenvalue weighted by atomic mass is 10.1. The highest BCUT2D eigenvalue weighted by atomic mass is 32.2. The van der Waals surface area contributed by atoms with Gasteiger partial charge in [0.15, 0.2) is 11.6 Å². The molecule has 0 aliphatic heterocycles. The van der Waals surface area contributed by atoms with Crippen LogP contribution in [0.15, 0.2) is 83.9 Å². The number of nitrogens with one attached hydrogen (secondary N) is 4. The molecule has 204 valence electrons. The molecule has 0 bridgehead atoms. The first-order valence-corrected chi connectivity index (χ1v) is 14.7. The van der Waals surface area contributed by atoms with Crippen LogP contribution in [-0.2, 0) is 26.8 Å². The Labute approximate surface area is 225 Å². The van der Waals surface area contributed by atoms with Crippen molar-refractivity contribution in [3.05, 3.63) is 90.4 Å². The Balaban J connectivity index is 1.48. The maximum Gasteiger partial charge on any atom is 0.277 e. The first-order valence-electron chi connectivity index (χ1n) is 11.7. The highest BCUT2D eigenvalue weighted by Gasteiger charge is 2.15. The Kier molecular flexibility index (Phi) is 8.52. The van der Waals surface area contributed by atoms with Crippen LogP contribution >= 0.6 is 0 Å². The molecule has 0 fully saturated rings. The minimum Gasteiger partial charge on any atom is -0.338 e. The van der Waals surface area contributed by atoms with Crippen molar-refractivity contribution < 1.29 is 21.2 Å². The molecule has 0 aliphatic rings. The van der Waals surface area contributed by atoms with E-state index in [-0.39, 0.29) is 29.8 Å². The summed E-state index contributed by atoms with van der Waals surface area (Å²) >= 11 is 0. The van der Waals surface area contributed by atoms with E-state index < -0.39 is 26.0 Å². The number of sulfonamides is 1. The quantitative estimate of drug-likeness (QED) is 0.183. The first-order chi connectivity index (χ1) is 18.5. The van der Waals surface area contributed by atoms with Gasteiger partial charge in [0.25, 0.3) is 10.2 Å². The number of nitrogens with zero attached hydrogens (tertiary/aromatic N) is 2. The molecule has 6 N–H and O–H groups in total. The number of hydrogen-bond donors (Lipinski definition) is 5. The molecule has 0 saturated heterocycles. The molecule has 3 aromatic carbocycles. The second-order valence-corrected chi connectivity index (χ2v) is 11.4. The average molecular weight is 572 g/mol. The molecule has 0 amide bonds. The molecule has 0 unspecified atom stereocenters. The number of halogens is 1. The summed E-state index contributed by atoms with van der Waals surface area (Å²) in [4.78, 5) is 8.20. The van der Waals surface area contributed by atoms with Gasteiger partial charge in [0.05, 0.1) is 11.1 Å². The Hall–Kier alpha value is -3.95. The van der Waals surface area contributed by atoms with Gasteiger partial charge >= 0.3 is 0 Å². The van der Waals surface area contributed by atoms with Crippen molar-refractivity contribution in [3.8, 4) is 11.1 Å². The van der Waals surface area contributed by atoms with Gasteiger partial charge in [-0.25, -0.2) is 27.7 Å². The van der Waals surface area contributed by atoms with Crippen LogP contribution in [0, 0.1) is 5.82 Å². The summed E-state index contributed by atoms with van der Waals surface area (Å²) in [5.74, 6) is -0.656. The fourth-order valence-electron chi connectivity index (χ4n) is 3.65. The van der Waals surface area contributed by atoms with Gasteiger partial charge in [-0.3, -0.25) is 0 Å². The summed E-state index contributed by atoms with van der Waals surface area (Å²) in [7, 11) is -7.51. The van der Waals surface area contributed by atoms with E-state index in [1.807, 2.05) is 0 Å². The molecule has 11 nitrogen and oxygen atoms in total. The van der Waals surface area contributed by atoms with Crippen LogP contribution in [0.1, 0.15) is 12.5 Å². The van der Waals surface area contributed by atoms with Gasteiger partial charge in [-0.2, -0.15) is 18.1 Å².